The van der Waals surface area contributed by atoms with E-state index in [1.807, 2.05) is 17.0 Å². The van der Waals surface area contributed by atoms with Crippen molar-refractivity contribution in [2.24, 2.45) is 0 Å². The van der Waals surface area contributed by atoms with E-state index in [0.29, 0.717) is 31.5 Å². The zero-order valence-corrected chi connectivity index (χ0v) is 13.9. The molecule has 0 saturated carbocycles. The first-order valence-corrected chi connectivity index (χ1v) is 8.32. The van der Waals surface area contributed by atoms with E-state index in [2.05, 4.69) is 16.0 Å². The summed E-state index contributed by atoms with van der Waals surface area (Å²) in [6.07, 6.45) is 2.60. The fraction of sp³-hybridized carbons (Fsp3) is 0.316. The highest BCUT2D eigenvalue weighted by Crippen LogP contribution is 2.17. The van der Waals surface area contributed by atoms with Crippen LogP contribution in [0.2, 0.25) is 0 Å². The van der Waals surface area contributed by atoms with Gasteiger partial charge in [-0.25, -0.2) is 4.98 Å². The molecule has 0 aliphatic carbocycles. The largest absolute Gasteiger partial charge is 0.506 e. The number of nitriles is 1. The summed E-state index contributed by atoms with van der Waals surface area (Å²) in [5, 5.41) is 18.1. The number of benzene rings is 1. The molecule has 128 valence electrons. The van der Waals surface area contributed by atoms with Gasteiger partial charge < -0.3 is 14.9 Å². The van der Waals surface area contributed by atoms with Crippen molar-refractivity contribution in [3.05, 3.63) is 53.7 Å². The molecule has 1 aliphatic heterocycles. The smallest absolute Gasteiger partial charge is 0.223 e. The molecule has 0 bridgehead atoms. The Balaban J connectivity index is 1.48. The van der Waals surface area contributed by atoms with Crippen molar-refractivity contribution in [1.29, 1.82) is 5.26 Å². The molecule has 3 rings (SSSR count). The molecule has 1 fully saturated rings. The summed E-state index contributed by atoms with van der Waals surface area (Å²) in [7, 11) is 0. The monoisotopic (exact) mass is 336 g/mol. The number of carbonyl (C=O) groups is 1. The average Bonchev–Trinajstić information content (AvgIpc) is 2.67. The number of amides is 1. The first kappa shape index (κ1) is 16.8. The van der Waals surface area contributed by atoms with Crippen LogP contribution in [0.1, 0.15) is 17.5 Å². The Labute approximate surface area is 146 Å². The van der Waals surface area contributed by atoms with Crippen molar-refractivity contribution in [2.75, 3.05) is 31.1 Å². The van der Waals surface area contributed by atoms with E-state index in [9.17, 15) is 9.90 Å². The molecule has 1 saturated heterocycles. The van der Waals surface area contributed by atoms with Crippen LogP contribution in [0.4, 0.5) is 5.82 Å². The van der Waals surface area contributed by atoms with Gasteiger partial charge in [0, 0.05) is 32.6 Å². The molecule has 6 heteroatoms. The Kier molecular flexibility index (Phi) is 5.14. The highest BCUT2D eigenvalue weighted by Gasteiger charge is 2.21. The number of nitrogens with zero attached hydrogens (tertiary/aromatic N) is 4. The highest BCUT2D eigenvalue weighted by molar-refractivity contribution is 5.76. The molecule has 1 amide bonds. The van der Waals surface area contributed by atoms with Crippen molar-refractivity contribution < 1.29 is 9.90 Å². The fourth-order valence-corrected chi connectivity index (χ4v) is 2.91. The zero-order valence-electron chi connectivity index (χ0n) is 13.9. The summed E-state index contributed by atoms with van der Waals surface area (Å²) in [4.78, 5) is 20.6. The van der Waals surface area contributed by atoms with Crippen LogP contribution in [0, 0.1) is 11.3 Å². The first-order valence-electron chi connectivity index (χ1n) is 8.32. The molecule has 0 spiro atoms. The number of aryl methyl sites for hydroxylation is 1. The normalized spacial score (nSPS) is 14.2. The van der Waals surface area contributed by atoms with Gasteiger partial charge in [0.2, 0.25) is 5.91 Å². The van der Waals surface area contributed by atoms with Crippen LogP contribution in [0.25, 0.3) is 0 Å². The maximum Gasteiger partial charge on any atom is 0.223 e. The van der Waals surface area contributed by atoms with E-state index in [0.717, 1.165) is 24.5 Å². The van der Waals surface area contributed by atoms with Crippen LogP contribution in [-0.2, 0) is 11.2 Å². The maximum atomic E-state index is 12.4. The van der Waals surface area contributed by atoms with Gasteiger partial charge in [-0.15, -0.1) is 0 Å². The van der Waals surface area contributed by atoms with Crippen molar-refractivity contribution in [3.63, 3.8) is 0 Å². The van der Waals surface area contributed by atoms with Crippen molar-refractivity contribution >= 4 is 11.7 Å². The lowest BCUT2D eigenvalue weighted by atomic mass is 10.1. The molecular weight excluding hydrogens is 316 g/mol. The van der Waals surface area contributed by atoms with Gasteiger partial charge in [-0.1, -0.05) is 12.1 Å². The van der Waals surface area contributed by atoms with Crippen molar-refractivity contribution in [3.8, 4) is 11.8 Å². The summed E-state index contributed by atoms with van der Waals surface area (Å²) in [5.74, 6) is 1.13. The molecule has 25 heavy (non-hydrogen) atoms. The third kappa shape index (κ3) is 4.27. The van der Waals surface area contributed by atoms with Crippen LogP contribution in [0.5, 0.6) is 5.75 Å². The predicted molar refractivity (Wildman–Crippen MR) is 94.2 cm³/mol. The lowest BCUT2D eigenvalue weighted by Gasteiger charge is -2.35. The lowest BCUT2D eigenvalue weighted by molar-refractivity contribution is -0.131. The van der Waals surface area contributed by atoms with Crippen LogP contribution < -0.4 is 4.90 Å². The second kappa shape index (κ2) is 7.67. The fourth-order valence-electron chi connectivity index (χ4n) is 2.91. The number of rotatable bonds is 4. The van der Waals surface area contributed by atoms with Gasteiger partial charge >= 0.3 is 0 Å². The molecule has 1 aromatic heterocycles. The second-order valence-corrected chi connectivity index (χ2v) is 6.05. The van der Waals surface area contributed by atoms with Gasteiger partial charge in [0.05, 0.1) is 17.8 Å². The lowest BCUT2D eigenvalue weighted by Crippen LogP contribution is -2.49. The number of carbonyl (C=O) groups excluding carboxylic acids is 1. The van der Waals surface area contributed by atoms with Gasteiger partial charge in [-0.2, -0.15) is 5.26 Å². The summed E-state index contributed by atoms with van der Waals surface area (Å²) in [6, 6.07) is 12.9. The quantitative estimate of drug-likeness (QED) is 0.923. The number of hydrogen-bond donors (Lipinski definition) is 1. The van der Waals surface area contributed by atoms with E-state index in [-0.39, 0.29) is 11.7 Å². The van der Waals surface area contributed by atoms with Crippen molar-refractivity contribution in [1.82, 2.24) is 9.88 Å². The Morgan fingerprint density at radius 2 is 1.84 bits per heavy atom. The second-order valence-electron chi connectivity index (χ2n) is 6.05. The molecule has 2 heterocycles. The number of aromatic nitrogens is 1. The molecule has 2 aromatic rings. The van der Waals surface area contributed by atoms with Crippen LogP contribution in [0.15, 0.2) is 42.6 Å². The van der Waals surface area contributed by atoms with E-state index in [4.69, 9.17) is 5.26 Å². The number of hydrogen-bond acceptors (Lipinski definition) is 5. The Morgan fingerprint density at radius 3 is 2.44 bits per heavy atom. The molecular formula is C19H20N4O2. The van der Waals surface area contributed by atoms with E-state index < -0.39 is 0 Å². The topological polar surface area (TPSA) is 80.5 Å². The Bertz CT molecular complexity index is 758. The number of anilines is 1. The Hall–Kier alpha value is -3.07. The molecule has 0 radical (unpaired) electrons. The molecule has 1 aliphatic rings. The molecule has 6 nitrogen and oxygen atoms in total. The van der Waals surface area contributed by atoms with E-state index in [1.54, 1.807) is 24.3 Å². The van der Waals surface area contributed by atoms with E-state index in [1.165, 1.54) is 6.20 Å². The van der Waals surface area contributed by atoms with Gasteiger partial charge in [0.1, 0.15) is 11.6 Å². The minimum Gasteiger partial charge on any atom is -0.506 e. The number of piperazine rings is 1. The third-order valence-electron chi connectivity index (χ3n) is 4.40. The molecule has 1 N–H and O–H groups in total. The standard InChI is InChI=1S/C19H20N4O2/c20-13-16-3-1-15(2-4-16)5-8-19(25)23-11-9-22(10-12-23)18-7-6-17(24)14-21-18/h1-4,6-7,14,24H,5,8-12H2. The highest BCUT2D eigenvalue weighted by atomic mass is 16.3. The van der Waals surface area contributed by atoms with Crippen molar-refractivity contribution in [2.45, 2.75) is 12.8 Å². The van der Waals surface area contributed by atoms with Crippen LogP contribution >= 0.6 is 0 Å². The van der Waals surface area contributed by atoms with Gasteiger partial charge in [-0.05, 0) is 36.2 Å². The zero-order chi connectivity index (χ0) is 17.6. The Morgan fingerprint density at radius 1 is 1.12 bits per heavy atom. The summed E-state index contributed by atoms with van der Waals surface area (Å²) in [6.45, 7) is 2.82. The summed E-state index contributed by atoms with van der Waals surface area (Å²) in [5.41, 5.74) is 1.70. The third-order valence-corrected chi connectivity index (χ3v) is 4.40. The average molecular weight is 336 g/mol. The van der Waals surface area contributed by atoms with Crippen LogP contribution in [0.3, 0.4) is 0 Å². The molecule has 0 unspecified atom stereocenters. The number of aromatic hydroxyl groups is 1. The molecule has 1 aromatic carbocycles. The first-order chi connectivity index (χ1) is 12.2. The van der Waals surface area contributed by atoms with Gasteiger partial charge in [0.15, 0.2) is 0 Å². The summed E-state index contributed by atoms with van der Waals surface area (Å²) < 4.78 is 0. The summed E-state index contributed by atoms with van der Waals surface area (Å²) >= 11 is 0. The van der Waals surface area contributed by atoms with E-state index >= 15 is 0 Å². The number of pyridine rings is 1. The van der Waals surface area contributed by atoms with Gasteiger partial charge in [-0.3, -0.25) is 4.79 Å². The SMILES string of the molecule is N#Cc1ccc(CCC(=O)N2CCN(c3ccc(O)cn3)CC2)cc1. The predicted octanol–water partition coefficient (Wildman–Crippen LogP) is 1.94. The maximum absolute atomic E-state index is 12.4. The molecule has 0 atom stereocenters. The van der Waals surface area contributed by atoms with Crippen LogP contribution in [-0.4, -0.2) is 47.1 Å². The minimum atomic E-state index is 0.153. The van der Waals surface area contributed by atoms with Gasteiger partial charge in [0.25, 0.3) is 0 Å². The minimum absolute atomic E-state index is 0.153.